The Labute approximate surface area is 101 Å². The summed E-state index contributed by atoms with van der Waals surface area (Å²) < 4.78 is 0. The minimum atomic E-state index is 0.341. The normalized spacial score (nSPS) is 29.2. The average molecular weight is 227 g/mol. The van der Waals surface area contributed by atoms with Crippen molar-refractivity contribution in [3.8, 4) is 0 Å². The van der Waals surface area contributed by atoms with Crippen molar-refractivity contribution >= 4 is 0 Å². The Bertz CT molecular complexity index is 191. The summed E-state index contributed by atoms with van der Waals surface area (Å²) in [4.78, 5) is 0. The minimum absolute atomic E-state index is 0.341. The third kappa shape index (κ3) is 5.31. The summed E-state index contributed by atoms with van der Waals surface area (Å²) in [7, 11) is 0. The Balaban J connectivity index is 2.16. The van der Waals surface area contributed by atoms with Gasteiger partial charge in [-0.2, -0.15) is 0 Å². The van der Waals surface area contributed by atoms with Crippen LogP contribution in [0.1, 0.15) is 59.3 Å². The number of aliphatic hydroxyl groups is 1. The topological polar surface area (TPSA) is 32.3 Å². The van der Waals surface area contributed by atoms with E-state index in [1.54, 1.807) is 0 Å². The van der Waals surface area contributed by atoms with Crippen LogP contribution < -0.4 is 5.32 Å². The molecule has 0 radical (unpaired) electrons. The molecular weight excluding hydrogens is 198 g/mol. The van der Waals surface area contributed by atoms with Gasteiger partial charge in [0.15, 0.2) is 0 Å². The third-order valence-electron chi connectivity index (χ3n) is 3.65. The van der Waals surface area contributed by atoms with E-state index in [0.29, 0.717) is 18.1 Å². The summed E-state index contributed by atoms with van der Waals surface area (Å²) in [6.45, 7) is 8.62. The first-order valence-corrected chi connectivity index (χ1v) is 6.88. The third-order valence-corrected chi connectivity index (χ3v) is 3.65. The molecule has 0 saturated heterocycles. The number of rotatable bonds is 6. The summed E-state index contributed by atoms with van der Waals surface area (Å²) in [5.74, 6) is 0.860. The lowest BCUT2D eigenvalue weighted by molar-refractivity contribution is 0.151. The molecule has 16 heavy (non-hydrogen) atoms. The molecule has 1 fully saturated rings. The van der Waals surface area contributed by atoms with Gasteiger partial charge in [-0.25, -0.2) is 0 Å². The molecule has 2 N–H and O–H groups in total. The number of hydrogen-bond donors (Lipinski definition) is 2. The van der Waals surface area contributed by atoms with Gasteiger partial charge >= 0.3 is 0 Å². The van der Waals surface area contributed by atoms with Crippen LogP contribution in [0.2, 0.25) is 0 Å². The van der Waals surface area contributed by atoms with Crippen molar-refractivity contribution in [3.05, 3.63) is 0 Å². The molecule has 1 aliphatic rings. The monoisotopic (exact) mass is 227 g/mol. The SMILES string of the molecule is CC1CC(NCCCCCO)CC(C)(C)C1. The zero-order valence-electron chi connectivity index (χ0n) is 11.3. The molecule has 0 aliphatic heterocycles. The van der Waals surface area contributed by atoms with Crippen molar-refractivity contribution in [1.29, 1.82) is 0 Å². The van der Waals surface area contributed by atoms with Gasteiger partial charge in [0.1, 0.15) is 0 Å². The number of aliphatic hydroxyl groups excluding tert-OH is 1. The van der Waals surface area contributed by atoms with Crippen molar-refractivity contribution in [2.75, 3.05) is 13.2 Å². The molecule has 96 valence electrons. The quantitative estimate of drug-likeness (QED) is 0.684. The first-order chi connectivity index (χ1) is 7.53. The van der Waals surface area contributed by atoms with E-state index in [4.69, 9.17) is 5.11 Å². The fourth-order valence-corrected chi connectivity index (χ4v) is 3.22. The number of unbranched alkanes of at least 4 members (excludes halogenated alkanes) is 2. The van der Waals surface area contributed by atoms with E-state index in [0.717, 1.165) is 25.3 Å². The highest BCUT2D eigenvalue weighted by atomic mass is 16.2. The van der Waals surface area contributed by atoms with Crippen molar-refractivity contribution < 1.29 is 5.11 Å². The highest BCUT2D eigenvalue weighted by molar-refractivity contribution is 4.86. The molecule has 1 saturated carbocycles. The highest BCUT2D eigenvalue weighted by Gasteiger charge is 2.31. The Morgan fingerprint density at radius 2 is 1.94 bits per heavy atom. The van der Waals surface area contributed by atoms with Crippen molar-refractivity contribution in [1.82, 2.24) is 5.32 Å². The van der Waals surface area contributed by atoms with E-state index in [1.807, 2.05) is 0 Å². The maximum Gasteiger partial charge on any atom is 0.0431 e. The van der Waals surface area contributed by atoms with Gasteiger partial charge in [0, 0.05) is 12.6 Å². The van der Waals surface area contributed by atoms with Gasteiger partial charge < -0.3 is 10.4 Å². The second-order valence-electron chi connectivity index (χ2n) is 6.35. The molecule has 1 rings (SSSR count). The maximum atomic E-state index is 8.70. The van der Waals surface area contributed by atoms with Crippen LogP contribution in [-0.2, 0) is 0 Å². The standard InChI is InChI=1S/C14H29NO/c1-12-9-13(11-14(2,3)10-12)15-7-5-4-6-8-16/h12-13,15-16H,4-11H2,1-3H3. The Morgan fingerprint density at radius 3 is 2.56 bits per heavy atom. The predicted molar refractivity (Wildman–Crippen MR) is 69.5 cm³/mol. The smallest absolute Gasteiger partial charge is 0.0431 e. The van der Waals surface area contributed by atoms with Crippen LogP contribution >= 0.6 is 0 Å². The van der Waals surface area contributed by atoms with E-state index >= 15 is 0 Å². The Hall–Kier alpha value is -0.0800. The van der Waals surface area contributed by atoms with Gasteiger partial charge in [0.2, 0.25) is 0 Å². The van der Waals surface area contributed by atoms with Crippen molar-refractivity contribution in [3.63, 3.8) is 0 Å². The van der Waals surface area contributed by atoms with E-state index < -0.39 is 0 Å². The second kappa shape index (κ2) is 6.61. The molecule has 0 bridgehead atoms. The van der Waals surface area contributed by atoms with Gasteiger partial charge in [0.05, 0.1) is 0 Å². The molecule has 2 heteroatoms. The minimum Gasteiger partial charge on any atom is -0.396 e. The van der Waals surface area contributed by atoms with Crippen LogP contribution in [0.3, 0.4) is 0 Å². The molecule has 0 aromatic heterocycles. The molecule has 2 nitrogen and oxygen atoms in total. The van der Waals surface area contributed by atoms with Gasteiger partial charge in [-0.1, -0.05) is 20.8 Å². The summed E-state index contributed by atoms with van der Waals surface area (Å²) >= 11 is 0. The largest absolute Gasteiger partial charge is 0.396 e. The van der Waals surface area contributed by atoms with E-state index in [-0.39, 0.29) is 0 Å². The lowest BCUT2D eigenvalue weighted by Crippen LogP contribution is -2.40. The van der Waals surface area contributed by atoms with E-state index in [1.165, 1.54) is 25.7 Å². The van der Waals surface area contributed by atoms with Crippen LogP contribution in [0.4, 0.5) is 0 Å². The fourth-order valence-electron chi connectivity index (χ4n) is 3.22. The van der Waals surface area contributed by atoms with Crippen LogP contribution in [0, 0.1) is 11.3 Å². The van der Waals surface area contributed by atoms with Gasteiger partial charge in [-0.15, -0.1) is 0 Å². The summed E-state index contributed by atoms with van der Waals surface area (Å²) in [6, 6.07) is 0.716. The molecule has 0 aromatic rings. The van der Waals surface area contributed by atoms with Crippen LogP contribution in [0.25, 0.3) is 0 Å². The van der Waals surface area contributed by atoms with Gasteiger partial charge in [0.25, 0.3) is 0 Å². The molecule has 0 amide bonds. The van der Waals surface area contributed by atoms with E-state index in [9.17, 15) is 0 Å². The van der Waals surface area contributed by atoms with Gasteiger partial charge in [-0.05, 0) is 56.4 Å². The predicted octanol–water partition coefficient (Wildman–Crippen LogP) is 2.95. The fraction of sp³-hybridized carbons (Fsp3) is 1.00. The molecule has 0 heterocycles. The lowest BCUT2D eigenvalue weighted by atomic mass is 9.70. The number of hydrogen-bond acceptors (Lipinski definition) is 2. The number of nitrogens with one attached hydrogen (secondary N) is 1. The Kier molecular flexibility index (Phi) is 5.77. The maximum absolute atomic E-state index is 8.70. The van der Waals surface area contributed by atoms with Crippen molar-refractivity contribution in [2.24, 2.45) is 11.3 Å². The van der Waals surface area contributed by atoms with Crippen LogP contribution in [0.5, 0.6) is 0 Å². The molecule has 1 aliphatic carbocycles. The molecule has 0 spiro atoms. The summed E-state index contributed by atoms with van der Waals surface area (Å²) in [5, 5.41) is 12.4. The van der Waals surface area contributed by atoms with E-state index in [2.05, 4.69) is 26.1 Å². The Morgan fingerprint density at radius 1 is 1.19 bits per heavy atom. The first kappa shape index (κ1) is 14.0. The molecule has 2 atom stereocenters. The van der Waals surface area contributed by atoms with Crippen LogP contribution in [-0.4, -0.2) is 24.3 Å². The zero-order chi connectivity index (χ0) is 12.0. The van der Waals surface area contributed by atoms with Gasteiger partial charge in [-0.3, -0.25) is 0 Å². The summed E-state index contributed by atoms with van der Waals surface area (Å²) in [6.07, 6.45) is 7.33. The summed E-state index contributed by atoms with van der Waals surface area (Å²) in [5.41, 5.74) is 0.514. The zero-order valence-corrected chi connectivity index (χ0v) is 11.3. The second-order valence-corrected chi connectivity index (χ2v) is 6.35. The highest BCUT2D eigenvalue weighted by Crippen LogP contribution is 2.38. The van der Waals surface area contributed by atoms with Crippen LogP contribution in [0.15, 0.2) is 0 Å². The molecule has 0 aromatic carbocycles. The molecule has 2 unspecified atom stereocenters. The molecular formula is C14H29NO. The lowest BCUT2D eigenvalue weighted by Gasteiger charge is -2.39. The van der Waals surface area contributed by atoms with Crippen molar-refractivity contribution in [2.45, 2.75) is 65.3 Å². The average Bonchev–Trinajstić information content (AvgIpc) is 2.14. The first-order valence-electron chi connectivity index (χ1n) is 6.88.